The molecule has 35 heavy (non-hydrogen) atoms. The molecule has 2 amide bonds. The van der Waals surface area contributed by atoms with Crippen LogP contribution in [0.2, 0.25) is 0 Å². The number of aromatic amines is 1. The van der Waals surface area contributed by atoms with E-state index in [-0.39, 0.29) is 30.8 Å². The number of aromatic nitrogens is 3. The fourth-order valence-electron chi connectivity index (χ4n) is 4.03. The molecule has 0 spiro atoms. The van der Waals surface area contributed by atoms with Crippen molar-refractivity contribution in [1.82, 2.24) is 25.0 Å². The molecule has 4 rings (SSSR count). The van der Waals surface area contributed by atoms with Crippen LogP contribution in [0, 0.1) is 0 Å². The maximum absolute atomic E-state index is 12.7. The van der Waals surface area contributed by atoms with Crippen LogP contribution in [-0.2, 0) is 9.53 Å². The van der Waals surface area contributed by atoms with Gasteiger partial charge in [0, 0.05) is 19.0 Å². The summed E-state index contributed by atoms with van der Waals surface area (Å²) in [4.78, 5) is 43.2. The summed E-state index contributed by atoms with van der Waals surface area (Å²) in [6, 6.07) is 16.0. The second-order valence-corrected chi connectivity index (χ2v) is 8.38. The lowest BCUT2D eigenvalue weighted by Crippen LogP contribution is -2.40. The zero-order valence-corrected chi connectivity index (χ0v) is 19.4. The number of anilines is 1. The van der Waals surface area contributed by atoms with E-state index in [1.807, 2.05) is 67.5 Å². The lowest BCUT2D eigenvalue weighted by atomic mass is 9.98. The summed E-state index contributed by atoms with van der Waals surface area (Å²) >= 11 is 0. The second kappa shape index (κ2) is 10.3. The van der Waals surface area contributed by atoms with E-state index in [0.717, 1.165) is 27.2 Å². The Morgan fingerprint density at radius 1 is 1.03 bits per heavy atom. The van der Waals surface area contributed by atoms with Crippen molar-refractivity contribution in [3.63, 3.8) is 0 Å². The number of carboxylic acids is 1. The largest absolute Gasteiger partial charge is 0.480 e. The number of carboxylic acid groups (broad SMARTS) is 1. The molecule has 0 saturated carbocycles. The van der Waals surface area contributed by atoms with Crippen molar-refractivity contribution >= 4 is 23.9 Å². The van der Waals surface area contributed by atoms with Gasteiger partial charge in [-0.3, -0.25) is 20.0 Å². The summed E-state index contributed by atoms with van der Waals surface area (Å²) in [5.74, 6) is -2.21. The number of benzene rings is 2. The Balaban J connectivity index is 1.38. The van der Waals surface area contributed by atoms with E-state index in [4.69, 9.17) is 9.84 Å². The molecule has 2 aromatic carbocycles. The van der Waals surface area contributed by atoms with Crippen molar-refractivity contribution in [2.75, 3.05) is 45.7 Å². The summed E-state index contributed by atoms with van der Waals surface area (Å²) in [7, 11) is 3.63. The van der Waals surface area contributed by atoms with Crippen molar-refractivity contribution < 1.29 is 24.2 Å². The topological polar surface area (TPSA) is 141 Å². The number of carbonyl (C=O) groups is 3. The van der Waals surface area contributed by atoms with E-state index in [0.29, 0.717) is 6.54 Å². The van der Waals surface area contributed by atoms with Crippen LogP contribution in [0.5, 0.6) is 0 Å². The molecule has 1 heterocycles. The number of amides is 2. The van der Waals surface area contributed by atoms with E-state index in [9.17, 15) is 14.4 Å². The Morgan fingerprint density at radius 2 is 1.66 bits per heavy atom. The molecule has 3 N–H and O–H groups in total. The van der Waals surface area contributed by atoms with Crippen molar-refractivity contribution in [3.8, 4) is 11.1 Å². The van der Waals surface area contributed by atoms with Crippen molar-refractivity contribution in [3.05, 3.63) is 65.5 Å². The summed E-state index contributed by atoms with van der Waals surface area (Å²) in [6.07, 6.45) is -0.764. The molecule has 3 aromatic rings. The Labute approximate surface area is 201 Å². The zero-order valence-electron chi connectivity index (χ0n) is 19.4. The van der Waals surface area contributed by atoms with Crippen molar-refractivity contribution in [1.29, 1.82) is 0 Å². The van der Waals surface area contributed by atoms with Gasteiger partial charge in [-0.2, -0.15) is 4.98 Å². The molecule has 0 aliphatic heterocycles. The standard InChI is InChI=1S/C24H26N6O5/c1-29(2)11-12-30(13-20(31)32)22(33)21-25-23(28-27-21)26-24(34)35-14-19-17-9-5-3-7-15(17)16-8-4-6-10-18(16)19/h3-10,19H,11-14H2,1-2H3,(H,31,32)(H2,25,26,27,28,34). The third-order valence-electron chi connectivity index (χ3n) is 5.68. The van der Waals surface area contributed by atoms with E-state index in [1.54, 1.807) is 0 Å². The van der Waals surface area contributed by atoms with Crippen LogP contribution < -0.4 is 5.32 Å². The number of nitrogens with one attached hydrogen (secondary N) is 2. The molecule has 0 radical (unpaired) electrons. The Hall–Kier alpha value is -4.25. The minimum atomic E-state index is -1.14. The minimum Gasteiger partial charge on any atom is -0.480 e. The first-order valence-electron chi connectivity index (χ1n) is 11.0. The highest BCUT2D eigenvalue weighted by Crippen LogP contribution is 2.44. The van der Waals surface area contributed by atoms with Gasteiger partial charge in [-0.05, 0) is 36.3 Å². The van der Waals surface area contributed by atoms with Gasteiger partial charge in [0.2, 0.25) is 5.82 Å². The summed E-state index contributed by atoms with van der Waals surface area (Å²) in [6.45, 7) is 0.293. The van der Waals surface area contributed by atoms with Crippen LogP contribution >= 0.6 is 0 Å². The third kappa shape index (κ3) is 5.46. The average molecular weight is 479 g/mol. The number of carbonyl (C=O) groups excluding carboxylic acids is 2. The molecule has 182 valence electrons. The highest BCUT2D eigenvalue weighted by Gasteiger charge is 2.29. The quantitative estimate of drug-likeness (QED) is 0.425. The maximum Gasteiger partial charge on any atom is 0.414 e. The van der Waals surface area contributed by atoms with Gasteiger partial charge < -0.3 is 19.6 Å². The lowest BCUT2D eigenvalue weighted by Gasteiger charge is -2.21. The number of rotatable bonds is 9. The van der Waals surface area contributed by atoms with E-state index >= 15 is 0 Å². The Morgan fingerprint density at radius 3 is 2.26 bits per heavy atom. The molecule has 0 unspecified atom stereocenters. The minimum absolute atomic E-state index is 0.0984. The number of fused-ring (bicyclic) bond motifs is 3. The molecule has 11 nitrogen and oxygen atoms in total. The van der Waals surface area contributed by atoms with Gasteiger partial charge in [0.25, 0.3) is 11.9 Å². The van der Waals surface area contributed by atoms with Crippen molar-refractivity contribution in [2.45, 2.75) is 5.92 Å². The van der Waals surface area contributed by atoms with Gasteiger partial charge in [-0.15, -0.1) is 5.10 Å². The summed E-state index contributed by atoms with van der Waals surface area (Å²) < 4.78 is 5.46. The predicted molar refractivity (Wildman–Crippen MR) is 127 cm³/mol. The average Bonchev–Trinajstić information content (AvgIpc) is 3.42. The predicted octanol–water partition coefficient (Wildman–Crippen LogP) is 2.25. The van der Waals surface area contributed by atoms with Crippen LogP contribution in [0.25, 0.3) is 11.1 Å². The number of ether oxygens (including phenoxy) is 1. The SMILES string of the molecule is CN(C)CCN(CC(=O)O)C(=O)c1nc(NC(=O)OCC2c3ccccc3-c3ccccc32)n[nH]1. The molecule has 1 aromatic heterocycles. The summed E-state index contributed by atoms with van der Waals surface area (Å²) in [5.41, 5.74) is 4.41. The highest BCUT2D eigenvalue weighted by atomic mass is 16.5. The molecule has 0 saturated heterocycles. The van der Waals surface area contributed by atoms with Gasteiger partial charge in [0.15, 0.2) is 0 Å². The normalized spacial score (nSPS) is 12.2. The van der Waals surface area contributed by atoms with Gasteiger partial charge >= 0.3 is 12.1 Å². The fourth-order valence-corrected chi connectivity index (χ4v) is 4.03. The van der Waals surface area contributed by atoms with Crippen LogP contribution in [0.3, 0.4) is 0 Å². The third-order valence-corrected chi connectivity index (χ3v) is 5.68. The molecule has 0 atom stereocenters. The number of aliphatic carboxylic acids is 1. The molecular formula is C24H26N6O5. The van der Waals surface area contributed by atoms with Crippen molar-refractivity contribution in [2.24, 2.45) is 0 Å². The molecule has 1 aliphatic carbocycles. The zero-order chi connectivity index (χ0) is 24.9. The first kappa shape index (κ1) is 23.9. The maximum atomic E-state index is 12.7. The van der Waals surface area contributed by atoms with E-state index < -0.39 is 24.5 Å². The van der Waals surface area contributed by atoms with Gasteiger partial charge in [-0.1, -0.05) is 48.5 Å². The van der Waals surface area contributed by atoms with Crippen LogP contribution in [0.15, 0.2) is 48.5 Å². The fraction of sp³-hybridized carbons (Fsp3) is 0.292. The number of nitrogens with zero attached hydrogens (tertiary/aromatic N) is 4. The lowest BCUT2D eigenvalue weighted by molar-refractivity contribution is -0.137. The first-order chi connectivity index (χ1) is 16.8. The van der Waals surface area contributed by atoms with Crippen LogP contribution in [-0.4, -0.2) is 88.4 Å². The molecule has 11 heteroatoms. The van der Waals surface area contributed by atoms with Gasteiger partial charge in [0.1, 0.15) is 13.2 Å². The molecule has 0 bridgehead atoms. The second-order valence-electron chi connectivity index (χ2n) is 8.38. The van der Waals surface area contributed by atoms with E-state index in [1.165, 1.54) is 0 Å². The number of H-pyrrole nitrogens is 1. The number of hydrogen-bond donors (Lipinski definition) is 3. The van der Waals surface area contributed by atoms with Crippen LogP contribution in [0.1, 0.15) is 27.7 Å². The highest BCUT2D eigenvalue weighted by molar-refractivity contribution is 5.93. The van der Waals surface area contributed by atoms with Crippen LogP contribution in [0.4, 0.5) is 10.7 Å². The van der Waals surface area contributed by atoms with Gasteiger partial charge in [0.05, 0.1) is 0 Å². The van der Waals surface area contributed by atoms with Gasteiger partial charge in [-0.25, -0.2) is 4.79 Å². The molecule has 0 fully saturated rings. The number of hydrogen-bond acceptors (Lipinski definition) is 7. The van der Waals surface area contributed by atoms with E-state index in [2.05, 4.69) is 20.5 Å². The molecule has 1 aliphatic rings. The number of likely N-dealkylation sites (N-methyl/N-ethyl adjacent to an activating group) is 1. The summed E-state index contributed by atoms with van der Waals surface area (Å²) in [5, 5.41) is 17.8. The first-order valence-corrected chi connectivity index (χ1v) is 11.0. The Kier molecular flexibility index (Phi) is 7.06. The molecular weight excluding hydrogens is 452 g/mol. The monoisotopic (exact) mass is 478 g/mol. The Bertz CT molecular complexity index is 1190. The smallest absolute Gasteiger partial charge is 0.414 e.